The number of rotatable bonds is 4. The van der Waals surface area contributed by atoms with Gasteiger partial charge in [-0.15, -0.1) is 10.2 Å². The lowest BCUT2D eigenvalue weighted by molar-refractivity contribution is 0.415. The number of benzene rings is 2. The first-order valence-corrected chi connectivity index (χ1v) is 10.3. The Morgan fingerprint density at radius 2 is 1.89 bits per heavy atom. The number of halogens is 1. The normalized spacial score (nSPS) is 11.2. The first-order chi connectivity index (χ1) is 13.7. The monoisotopic (exact) mass is 500 g/mol. The fourth-order valence-corrected chi connectivity index (χ4v) is 4.58. The van der Waals surface area contributed by atoms with Crippen molar-refractivity contribution in [2.45, 2.75) is 0 Å². The van der Waals surface area contributed by atoms with Crippen LogP contribution in [0.5, 0.6) is 5.75 Å². The molecule has 0 radical (unpaired) electrons. The van der Waals surface area contributed by atoms with E-state index in [0.29, 0.717) is 5.82 Å². The van der Waals surface area contributed by atoms with E-state index >= 15 is 0 Å². The van der Waals surface area contributed by atoms with Gasteiger partial charge in [-0.25, -0.2) is 0 Å². The quantitative estimate of drug-likeness (QED) is 0.367. The highest BCUT2D eigenvalue weighted by Gasteiger charge is 2.17. The van der Waals surface area contributed by atoms with Gasteiger partial charge >= 0.3 is 0 Å². The summed E-state index contributed by atoms with van der Waals surface area (Å²) in [6.07, 6.45) is 0. The molecule has 0 amide bonds. The van der Waals surface area contributed by atoms with Crippen LogP contribution >= 0.6 is 33.9 Å². The van der Waals surface area contributed by atoms with Crippen LogP contribution in [0.25, 0.3) is 38.3 Å². The SMILES string of the molecule is COc1ccc(-c2cc(-c3nnc4sc(-c5ccccc5I)nn34)[nH]n2)cc1. The van der Waals surface area contributed by atoms with Crippen LogP contribution in [-0.2, 0) is 0 Å². The van der Waals surface area contributed by atoms with Gasteiger partial charge < -0.3 is 4.74 Å². The molecule has 2 aromatic carbocycles. The van der Waals surface area contributed by atoms with Gasteiger partial charge in [0.1, 0.15) is 16.5 Å². The predicted molar refractivity (Wildman–Crippen MR) is 116 cm³/mol. The zero-order valence-electron chi connectivity index (χ0n) is 14.6. The molecule has 0 fully saturated rings. The molecule has 0 saturated heterocycles. The Balaban J connectivity index is 1.53. The van der Waals surface area contributed by atoms with Crippen molar-refractivity contribution in [3.63, 3.8) is 0 Å². The third kappa shape index (κ3) is 2.96. The Bertz CT molecular complexity index is 1270. The number of methoxy groups -OCH3 is 1. The average Bonchev–Trinajstić information content (AvgIpc) is 3.44. The second kappa shape index (κ2) is 6.99. The molecule has 0 saturated carbocycles. The van der Waals surface area contributed by atoms with Crippen LogP contribution in [0.4, 0.5) is 0 Å². The van der Waals surface area contributed by atoms with Crippen molar-refractivity contribution in [2.24, 2.45) is 0 Å². The van der Waals surface area contributed by atoms with Gasteiger partial charge in [0.05, 0.1) is 12.8 Å². The molecule has 1 N–H and O–H groups in total. The van der Waals surface area contributed by atoms with E-state index in [4.69, 9.17) is 9.84 Å². The summed E-state index contributed by atoms with van der Waals surface area (Å²) < 4.78 is 8.11. The average molecular weight is 500 g/mol. The Labute approximate surface area is 177 Å². The highest BCUT2D eigenvalue weighted by molar-refractivity contribution is 14.1. The van der Waals surface area contributed by atoms with E-state index < -0.39 is 0 Å². The van der Waals surface area contributed by atoms with E-state index in [1.807, 2.05) is 42.5 Å². The minimum Gasteiger partial charge on any atom is -0.497 e. The molecular weight excluding hydrogens is 487 g/mol. The van der Waals surface area contributed by atoms with E-state index in [9.17, 15) is 0 Å². The summed E-state index contributed by atoms with van der Waals surface area (Å²) in [5, 5.41) is 21.7. The summed E-state index contributed by atoms with van der Waals surface area (Å²) in [6, 6.07) is 17.9. The lowest BCUT2D eigenvalue weighted by Crippen LogP contribution is -1.91. The molecule has 9 heteroatoms. The van der Waals surface area contributed by atoms with E-state index in [2.05, 4.69) is 55.1 Å². The maximum absolute atomic E-state index is 5.21. The molecular formula is C19H13IN6OS. The van der Waals surface area contributed by atoms with E-state index in [1.54, 1.807) is 11.6 Å². The molecule has 0 aliphatic rings. The molecule has 3 heterocycles. The molecule has 0 aliphatic carbocycles. The third-order valence-corrected chi connectivity index (χ3v) is 6.17. The van der Waals surface area contributed by atoms with Crippen LogP contribution in [0.2, 0.25) is 0 Å². The molecule has 5 aromatic rings. The maximum atomic E-state index is 5.21. The van der Waals surface area contributed by atoms with Crippen molar-refractivity contribution in [3.8, 4) is 39.1 Å². The summed E-state index contributed by atoms with van der Waals surface area (Å²) in [5.41, 5.74) is 3.66. The van der Waals surface area contributed by atoms with Gasteiger partial charge in [-0.3, -0.25) is 5.10 Å². The van der Waals surface area contributed by atoms with Crippen LogP contribution in [0.3, 0.4) is 0 Å². The number of H-pyrrole nitrogens is 1. The zero-order chi connectivity index (χ0) is 19.1. The standard InChI is InChI=1S/C19H13IN6OS/c1-27-12-8-6-11(7-9-12)15-10-16(22-21-15)17-23-24-19-26(17)25-18(28-19)13-4-2-3-5-14(13)20/h2-10H,1H3,(H,21,22). The van der Waals surface area contributed by atoms with E-state index in [0.717, 1.165) is 41.8 Å². The second-order valence-corrected chi connectivity index (χ2v) is 8.12. The molecule has 0 aliphatic heterocycles. The Morgan fingerprint density at radius 1 is 1.07 bits per heavy atom. The van der Waals surface area contributed by atoms with Crippen molar-refractivity contribution in [3.05, 3.63) is 58.2 Å². The van der Waals surface area contributed by atoms with Gasteiger partial charge in [-0.05, 0) is 59.0 Å². The first-order valence-electron chi connectivity index (χ1n) is 8.40. The van der Waals surface area contributed by atoms with Crippen LogP contribution in [0.15, 0.2) is 54.6 Å². The van der Waals surface area contributed by atoms with E-state index in [-0.39, 0.29) is 0 Å². The number of hydrogen-bond acceptors (Lipinski definition) is 6. The van der Waals surface area contributed by atoms with Crippen molar-refractivity contribution in [1.29, 1.82) is 0 Å². The van der Waals surface area contributed by atoms with Crippen LogP contribution in [-0.4, -0.2) is 37.1 Å². The molecule has 7 nitrogen and oxygen atoms in total. The number of ether oxygens (including phenoxy) is 1. The summed E-state index contributed by atoms with van der Waals surface area (Å²) >= 11 is 3.83. The topological polar surface area (TPSA) is 81.0 Å². The Morgan fingerprint density at radius 3 is 2.68 bits per heavy atom. The predicted octanol–water partition coefficient (Wildman–Crippen LogP) is 4.52. The minimum absolute atomic E-state index is 0.635. The highest BCUT2D eigenvalue weighted by atomic mass is 127. The van der Waals surface area contributed by atoms with Crippen molar-refractivity contribution >= 4 is 38.9 Å². The largest absolute Gasteiger partial charge is 0.497 e. The van der Waals surface area contributed by atoms with Crippen LogP contribution < -0.4 is 4.74 Å². The number of aromatic amines is 1. The maximum Gasteiger partial charge on any atom is 0.235 e. The van der Waals surface area contributed by atoms with Gasteiger partial charge in [-0.2, -0.15) is 14.7 Å². The Kier molecular flexibility index (Phi) is 4.32. The number of aromatic nitrogens is 6. The summed E-state index contributed by atoms with van der Waals surface area (Å²) in [7, 11) is 1.65. The fraction of sp³-hybridized carbons (Fsp3) is 0.0526. The lowest BCUT2D eigenvalue weighted by atomic mass is 10.1. The summed E-state index contributed by atoms with van der Waals surface area (Å²) in [4.78, 5) is 0.741. The van der Waals surface area contributed by atoms with Crippen molar-refractivity contribution < 1.29 is 4.74 Å². The summed E-state index contributed by atoms with van der Waals surface area (Å²) in [5.74, 6) is 1.44. The first kappa shape index (κ1) is 17.3. The van der Waals surface area contributed by atoms with Gasteiger partial charge in [0.15, 0.2) is 0 Å². The molecule has 28 heavy (non-hydrogen) atoms. The van der Waals surface area contributed by atoms with E-state index in [1.165, 1.54) is 11.3 Å². The molecule has 138 valence electrons. The van der Waals surface area contributed by atoms with Crippen molar-refractivity contribution in [1.82, 2.24) is 30.0 Å². The number of hydrogen-bond donors (Lipinski definition) is 1. The Hall–Kier alpha value is -2.79. The van der Waals surface area contributed by atoms with Crippen molar-refractivity contribution in [2.75, 3.05) is 7.11 Å². The molecule has 0 bridgehead atoms. The van der Waals surface area contributed by atoms with Crippen LogP contribution in [0, 0.1) is 3.57 Å². The minimum atomic E-state index is 0.635. The van der Waals surface area contributed by atoms with Gasteiger partial charge in [0.2, 0.25) is 10.8 Å². The lowest BCUT2D eigenvalue weighted by Gasteiger charge is -1.99. The number of nitrogens with one attached hydrogen (secondary N) is 1. The van der Waals surface area contributed by atoms with Gasteiger partial charge in [-0.1, -0.05) is 29.5 Å². The molecule has 0 unspecified atom stereocenters. The molecule has 5 rings (SSSR count). The highest BCUT2D eigenvalue weighted by Crippen LogP contribution is 2.31. The zero-order valence-corrected chi connectivity index (χ0v) is 17.6. The second-order valence-electron chi connectivity index (χ2n) is 6.00. The third-order valence-electron chi connectivity index (χ3n) is 4.30. The number of fused-ring (bicyclic) bond motifs is 1. The molecule has 3 aromatic heterocycles. The van der Waals surface area contributed by atoms with Gasteiger partial charge in [0.25, 0.3) is 0 Å². The van der Waals surface area contributed by atoms with Gasteiger partial charge in [0, 0.05) is 14.7 Å². The smallest absolute Gasteiger partial charge is 0.235 e. The summed E-state index contributed by atoms with van der Waals surface area (Å²) in [6.45, 7) is 0. The molecule has 0 spiro atoms. The molecule has 0 atom stereocenters. The van der Waals surface area contributed by atoms with Crippen LogP contribution in [0.1, 0.15) is 0 Å². The number of nitrogens with zero attached hydrogens (tertiary/aromatic N) is 5. The fourth-order valence-electron chi connectivity index (χ4n) is 2.87.